The van der Waals surface area contributed by atoms with Gasteiger partial charge in [0.2, 0.25) is 5.91 Å². The van der Waals surface area contributed by atoms with Crippen LogP contribution in [0.5, 0.6) is 0 Å². The molecule has 0 saturated carbocycles. The third-order valence-electron chi connectivity index (χ3n) is 3.14. The standard InChI is InChI=1S/C12H17FN4O.C3H4F2.2C2H6.CHF3O/c1-2-4-9-11(13)12(16-8-15-9)14-7-10(18)17-5-3-6-17;1-2-3(4)5;2*1-2;2-1(3,4)5/h8H,2-7H2,1H3,(H,14,15,16);2-3H,1H2;2*1-2H3;5H. The van der Waals surface area contributed by atoms with E-state index in [4.69, 9.17) is 5.11 Å². The van der Waals surface area contributed by atoms with Gasteiger partial charge in [-0.2, -0.15) is 0 Å². The van der Waals surface area contributed by atoms with Crippen LogP contribution >= 0.6 is 0 Å². The fourth-order valence-corrected chi connectivity index (χ4v) is 1.78. The monoisotopic (exact) mass is 476 g/mol. The summed E-state index contributed by atoms with van der Waals surface area (Å²) in [5.74, 6) is -0.352. The molecule has 0 bridgehead atoms. The van der Waals surface area contributed by atoms with E-state index in [1.54, 1.807) is 4.90 Å². The van der Waals surface area contributed by atoms with E-state index in [-0.39, 0.29) is 18.3 Å². The summed E-state index contributed by atoms with van der Waals surface area (Å²) in [7, 11) is 0. The molecular formula is C20H34F6N4O2. The van der Waals surface area contributed by atoms with Crippen molar-refractivity contribution in [1.82, 2.24) is 14.9 Å². The lowest BCUT2D eigenvalue weighted by Crippen LogP contribution is -2.44. The minimum atomic E-state index is -5.00. The molecule has 0 unspecified atom stereocenters. The number of nitrogens with zero attached hydrogens (tertiary/aromatic N) is 3. The van der Waals surface area contributed by atoms with Gasteiger partial charge in [-0.1, -0.05) is 47.6 Å². The molecule has 0 radical (unpaired) electrons. The van der Waals surface area contributed by atoms with Gasteiger partial charge in [0.1, 0.15) is 6.33 Å². The molecule has 6 nitrogen and oxygen atoms in total. The molecule has 32 heavy (non-hydrogen) atoms. The molecule has 2 N–H and O–H groups in total. The van der Waals surface area contributed by atoms with Crippen molar-refractivity contribution in [3.8, 4) is 0 Å². The number of allylic oxidation sites excluding steroid dienone is 1. The van der Waals surface area contributed by atoms with Crippen LogP contribution in [-0.4, -0.2) is 58.3 Å². The van der Waals surface area contributed by atoms with E-state index in [1.165, 1.54) is 6.33 Å². The zero-order valence-corrected chi connectivity index (χ0v) is 19.1. The van der Waals surface area contributed by atoms with Crippen molar-refractivity contribution in [2.45, 2.75) is 66.7 Å². The molecule has 0 aliphatic carbocycles. The molecular weight excluding hydrogens is 442 g/mol. The van der Waals surface area contributed by atoms with E-state index in [0.29, 0.717) is 18.2 Å². The number of nitrogens with one attached hydrogen (secondary N) is 1. The summed E-state index contributed by atoms with van der Waals surface area (Å²) in [6, 6.07) is 0. The van der Waals surface area contributed by atoms with Crippen LogP contribution in [0.1, 0.15) is 53.2 Å². The largest absolute Gasteiger partial charge is 0.519 e. The number of alkyl halides is 5. The molecule has 2 rings (SSSR count). The van der Waals surface area contributed by atoms with Gasteiger partial charge in [-0.3, -0.25) is 4.79 Å². The lowest BCUT2D eigenvalue weighted by Gasteiger charge is -2.30. The van der Waals surface area contributed by atoms with E-state index >= 15 is 0 Å². The number of amides is 1. The average molecular weight is 477 g/mol. The van der Waals surface area contributed by atoms with Crippen LogP contribution in [0.3, 0.4) is 0 Å². The van der Waals surface area contributed by atoms with Crippen molar-refractivity contribution in [3.63, 3.8) is 0 Å². The highest BCUT2D eigenvalue weighted by molar-refractivity contribution is 5.81. The maximum atomic E-state index is 13.9. The van der Waals surface area contributed by atoms with Gasteiger partial charge >= 0.3 is 6.36 Å². The van der Waals surface area contributed by atoms with E-state index in [2.05, 4.69) is 21.9 Å². The number of halogens is 6. The highest BCUT2D eigenvalue weighted by atomic mass is 19.4. The number of aryl methyl sites for hydroxylation is 1. The number of carbonyl (C=O) groups excluding carboxylic acids is 1. The van der Waals surface area contributed by atoms with Gasteiger partial charge in [0.05, 0.1) is 12.2 Å². The predicted octanol–water partition coefficient (Wildman–Crippen LogP) is 5.20. The van der Waals surface area contributed by atoms with Gasteiger partial charge < -0.3 is 15.3 Å². The van der Waals surface area contributed by atoms with Crippen LogP contribution in [0.2, 0.25) is 0 Å². The van der Waals surface area contributed by atoms with Crippen molar-refractivity contribution >= 4 is 11.7 Å². The molecule has 1 aliphatic rings. The fraction of sp³-hybridized carbons (Fsp3) is 0.650. The number of likely N-dealkylation sites (tertiary alicyclic amines) is 1. The number of aromatic nitrogens is 2. The van der Waals surface area contributed by atoms with Crippen molar-refractivity contribution in [2.24, 2.45) is 0 Å². The van der Waals surface area contributed by atoms with Gasteiger partial charge in [-0.25, -0.2) is 23.1 Å². The van der Waals surface area contributed by atoms with Crippen LogP contribution < -0.4 is 5.32 Å². The van der Waals surface area contributed by atoms with Gasteiger partial charge in [-0.15, -0.1) is 13.2 Å². The second kappa shape index (κ2) is 20.5. The lowest BCUT2D eigenvalue weighted by molar-refractivity contribution is -0.295. The van der Waals surface area contributed by atoms with Gasteiger partial charge in [0.15, 0.2) is 11.6 Å². The maximum absolute atomic E-state index is 13.9. The van der Waals surface area contributed by atoms with Crippen LogP contribution in [0.4, 0.5) is 32.2 Å². The molecule has 1 aromatic rings. The minimum Gasteiger partial charge on any atom is -0.358 e. The molecule has 0 spiro atoms. The van der Waals surface area contributed by atoms with Crippen LogP contribution in [-0.2, 0) is 11.2 Å². The first-order valence-electron chi connectivity index (χ1n) is 10.2. The molecule has 2 heterocycles. The zero-order valence-electron chi connectivity index (χ0n) is 19.1. The smallest absolute Gasteiger partial charge is 0.358 e. The van der Waals surface area contributed by atoms with Crippen molar-refractivity contribution in [2.75, 3.05) is 25.0 Å². The van der Waals surface area contributed by atoms with Crippen molar-refractivity contribution in [3.05, 3.63) is 30.5 Å². The second-order valence-corrected chi connectivity index (χ2v) is 5.36. The summed E-state index contributed by atoms with van der Waals surface area (Å²) in [4.78, 5) is 21.1. The van der Waals surface area contributed by atoms with Crippen LogP contribution in [0.15, 0.2) is 19.0 Å². The third-order valence-corrected chi connectivity index (χ3v) is 3.14. The Morgan fingerprint density at radius 1 is 1.25 bits per heavy atom. The van der Waals surface area contributed by atoms with Crippen LogP contribution in [0.25, 0.3) is 0 Å². The number of aliphatic hydroxyl groups is 1. The fourth-order valence-electron chi connectivity index (χ4n) is 1.78. The number of carbonyl (C=O) groups is 1. The second-order valence-electron chi connectivity index (χ2n) is 5.36. The van der Waals surface area contributed by atoms with E-state index < -0.39 is 18.6 Å². The number of hydrogen-bond acceptors (Lipinski definition) is 5. The van der Waals surface area contributed by atoms with Crippen LogP contribution in [0, 0.1) is 5.82 Å². The molecule has 1 aliphatic heterocycles. The van der Waals surface area contributed by atoms with E-state index in [9.17, 15) is 31.1 Å². The normalized spacial score (nSPS) is 11.6. The first-order valence-corrected chi connectivity index (χ1v) is 10.2. The quantitative estimate of drug-likeness (QED) is 0.436. The molecule has 1 fully saturated rings. The SMILES string of the molecule is C=CC(F)F.CC.CC.CCCc1ncnc(NCC(=O)N2CCC2)c1F.OC(F)(F)F. The predicted molar refractivity (Wildman–Crippen MR) is 113 cm³/mol. The van der Waals surface area contributed by atoms with Gasteiger partial charge in [0.25, 0.3) is 6.43 Å². The lowest BCUT2D eigenvalue weighted by atomic mass is 10.2. The number of hydrogen-bond donors (Lipinski definition) is 2. The Hall–Kier alpha value is -2.37. The summed E-state index contributed by atoms with van der Waals surface area (Å²) in [5, 5.41) is 9.26. The van der Waals surface area contributed by atoms with E-state index in [1.807, 2.05) is 34.6 Å². The highest BCUT2D eigenvalue weighted by Gasteiger charge is 2.21. The van der Waals surface area contributed by atoms with Crippen molar-refractivity contribution < 1.29 is 36.2 Å². The summed E-state index contributed by atoms with van der Waals surface area (Å²) in [6.45, 7) is 14.5. The molecule has 0 aromatic carbocycles. The zero-order chi connectivity index (χ0) is 25.7. The first kappa shape index (κ1) is 34.2. The topological polar surface area (TPSA) is 78.4 Å². The molecule has 0 atom stereocenters. The van der Waals surface area contributed by atoms with E-state index in [0.717, 1.165) is 25.9 Å². The molecule has 1 aromatic heterocycles. The average Bonchev–Trinajstić information content (AvgIpc) is 2.70. The summed E-state index contributed by atoms with van der Waals surface area (Å²) in [6.07, 6.45) is -3.00. The Morgan fingerprint density at radius 3 is 2.06 bits per heavy atom. The van der Waals surface area contributed by atoms with Gasteiger partial charge in [-0.05, 0) is 18.9 Å². The number of rotatable bonds is 6. The molecule has 188 valence electrons. The Morgan fingerprint density at radius 2 is 1.72 bits per heavy atom. The molecule has 1 saturated heterocycles. The third kappa shape index (κ3) is 19.6. The molecule has 1 amide bonds. The van der Waals surface area contributed by atoms with Gasteiger partial charge in [0, 0.05) is 13.1 Å². The maximum Gasteiger partial charge on any atom is 0.519 e. The first-order chi connectivity index (χ1) is 15.0. The minimum absolute atomic E-state index is 0.0173. The summed E-state index contributed by atoms with van der Waals surface area (Å²) < 4.78 is 64.9. The van der Waals surface area contributed by atoms with Crippen molar-refractivity contribution in [1.29, 1.82) is 0 Å². The number of anilines is 1. The highest BCUT2D eigenvalue weighted by Crippen LogP contribution is 2.14. The Kier molecular flexibility index (Phi) is 22.0. The Labute approximate surface area is 185 Å². The summed E-state index contributed by atoms with van der Waals surface area (Å²) in [5.41, 5.74) is 0.395. The Balaban J connectivity index is -0.000000499. The summed E-state index contributed by atoms with van der Waals surface area (Å²) >= 11 is 0. The molecule has 12 heteroatoms. The Bertz CT molecular complexity index is 606.